The van der Waals surface area contributed by atoms with Gasteiger partial charge in [-0.3, -0.25) is 9.69 Å². The van der Waals surface area contributed by atoms with E-state index >= 15 is 0 Å². The molecule has 168 valence electrons. The number of carbonyl (C=O) groups is 1. The number of hydrogen-bond donors (Lipinski definition) is 2. The van der Waals surface area contributed by atoms with Crippen molar-refractivity contribution in [3.05, 3.63) is 65.2 Å². The number of aryl methyl sites for hydroxylation is 2. The highest BCUT2D eigenvalue weighted by atomic mass is 16.5. The molecule has 1 fully saturated rings. The molecular weight excluding hydrogens is 392 g/mol. The van der Waals surface area contributed by atoms with Gasteiger partial charge in [-0.2, -0.15) is 0 Å². The molecule has 1 atom stereocenters. The number of aliphatic hydroxyl groups excluding tert-OH is 1. The second kappa shape index (κ2) is 12.4. The Hall–Kier alpha value is -2.41. The number of carbonyl (C=O) groups excluding carboxylic acids is 1. The van der Waals surface area contributed by atoms with Crippen LogP contribution in [0.2, 0.25) is 0 Å². The van der Waals surface area contributed by atoms with E-state index < -0.39 is 12.0 Å². The van der Waals surface area contributed by atoms with E-state index in [4.69, 9.17) is 15.2 Å². The lowest BCUT2D eigenvalue weighted by Crippen LogP contribution is -2.37. The number of nitrogens with zero attached hydrogens (tertiary/aromatic N) is 1. The predicted molar refractivity (Wildman–Crippen MR) is 121 cm³/mol. The molecule has 1 aliphatic heterocycles. The van der Waals surface area contributed by atoms with Crippen LogP contribution in [0.4, 0.5) is 0 Å². The molecule has 0 bridgehead atoms. The highest BCUT2D eigenvalue weighted by molar-refractivity contribution is 5.80. The molecule has 6 nitrogen and oxygen atoms in total. The SMILES string of the molecule is NC(=O)[C@H](O)c1ccc(CCCCc2ccc(OCCCN3CCOCC3)cc2)cc1. The fourth-order valence-electron chi connectivity index (χ4n) is 3.74. The van der Waals surface area contributed by atoms with Gasteiger partial charge in [0.1, 0.15) is 5.75 Å². The minimum Gasteiger partial charge on any atom is -0.494 e. The van der Waals surface area contributed by atoms with Crippen molar-refractivity contribution in [2.45, 2.75) is 38.2 Å². The summed E-state index contributed by atoms with van der Waals surface area (Å²) in [6, 6.07) is 15.9. The zero-order valence-electron chi connectivity index (χ0n) is 18.2. The Morgan fingerprint density at radius 2 is 1.55 bits per heavy atom. The highest BCUT2D eigenvalue weighted by Gasteiger charge is 2.13. The summed E-state index contributed by atoms with van der Waals surface area (Å²) < 4.78 is 11.2. The molecular formula is C25H34N2O4. The summed E-state index contributed by atoms with van der Waals surface area (Å²) in [6.07, 6.45) is 3.99. The molecule has 6 heteroatoms. The van der Waals surface area contributed by atoms with Crippen LogP contribution in [-0.4, -0.2) is 55.4 Å². The first-order valence-electron chi connectivity index (χ1n) is 11.2. The zero-order chi connectivity index (χ0) is 21.9. The van der Waals surface area contributed by atoms with E-state index in [1.807, 2.05) is 12.1 Å². The Balaban J connectivity index is 1.30. The van der Waals surface area contributed by atoms with Gasteiger partial charge in [0.25, 0.3) is 5.91 Å². The third-order valence-corrected chi connectivity index (χ3v) is 5.66. The number of benzene rings is 2. The minimum atomic E-state index is -1.23. The van der Waals surface area contributed by atoms with Crippen LogP contribution in [0.15, 0.2) is 48.5 Å². The molecule has 31 heavy (non-hydrogen) atoms. The van der Waals surface area contributed by atoms with Crippen molar-refractivity contribution in [1.29, 1.82) is 0 Å². The van der Waals surface area contributed by atoms with Gasteiger partial charge in [0.15, 0.2) is 6.10 Å². The molecule has 0 aliphatic carbocycles. The normalized spacial score (nSPS) is 15.5. The van der Waals surface area contributed by atoms with E-state index in [9.17, 15) is 9.90 Å². The molecule has 1 amide bonds. The maximum Gasteiger partial charge on any atom is 0.250 e. The van der Waals surface area contributed by atoms with Crippen LogP contribution in [0, 0.1) is 0 Å². The Labute approximate surface area is 185 Å². The molecule has 1 saturated heterocycles. The number of unbranched alkanes of at least 4 members (excludes halogenated alkanes) is 1. The predicted octanol–water partition coefficient (Wildman–Crippen LogP) is 2.87. The van der Waals surface area contributed by atoms with Gasteiger partial charge >= 0.3 is 0 Å². The van der Waals surface area contributed by atoms with Gasteiger partial charge in [0.05, 0.1) is 19.8 Å². The van der Waals surface area contributed by atoms with Crippen LogP contribution < -0.4 is 10.5 Å². The van der Waals surface area contributed by atoms with E-state index in [1.165, 1.54) is 11.1 Å². The molecule has 0 saturated carbocycles. The third kappa shape index (κ3) is 7.98. The monoisotopic (exact) mass is 426 g/mol. The summed E-state index contributed by atoms with van der Waals surface area (Å²) >= 11 is 0. The first-order chi connectivity index (χ1) is 15.1. The van der Waals surface area contributed by atoms with Crippen LogP contribution in [0.5, 0.6) is 5.75 Å². The third-order valence-electron chi connectivity index (χ3n) is 5.66. The average Bonchev–Trinajstić information content (AvgIpc) is 2.81. The summed E-state index contributed by atoms with van der Waals surface area (Å²) in [4.78, 5) is 13.5. The first kappa shape index (κ1) is 23.3. The van der Waals surface area contributed by atoms with Crippen molar-refractivity contribution in [3.63, 3.8) is 0 Å². The summed E-state index contributed by atoms with van der Waals surface area (Å²) in [5, 5.41) is 9.67. The van der Waals surface area contributed by atoms with Gasteiger partial charge in [-0.1, -0.05) is 36.4 Å². The second-order valence-electron chi connectivity index (χ2n) is 8.05. The van der Waals surface area contributed by atoms with Crippen molar-refractivity contribution in [3.8, 4) is 5.75 Å². The van der Waals surface area contributed by atoms with Crippen LogP contribution in [0.1, 0.15) is 42.1 Å². The van der Waals surface area contributed by atoms with Gasteiger partial charge in [-0.05, 0) is 60.9 Å². The number of rotatable bonds is 12. The molecule has 0 unspecified atom stereocenters. The maximum atomic E-state index is 11.0. The summed E-state index contributed by atoms with van der Waals surface area (Å²) in [7, 11) is 0. The number of ether oxygens (including phenoxy) is 2. The topological polar surface area (TPSA) is 85.0 Å². The first-order valence-corrected chi connectivity index (χ1v) is 11.2. The van der Waals surface area contributed by atoms with E-state index in [0.29, 0.717) is 5.56 Å². The lowest BCUT2D eigenvalue weighted by atomic mass is 10.0. The highest BCUT2D eigenvalue weighted by Crippen LogP contribution is 2.17. The largest absolute Gasteiger partial charge is 0.494 e. The van der Waals surface area contributed by atoms with Gasteiger partial charge in [0.2, 0.25) is 0 Å². The van der Waals surface area contributed by atoms with Gasteiger partial charge in [-0.15, -0.1) is 0 Å². The standard InChI is InChI=1S/C25H34N2O4/c26-25(29)24(28)22-10-6-20(7-11-22)4-1-2-5-21-8-12-23(13-9-21)31-17-3-14-27-15-18-30-19-16-27/h6-13,24,28H,1-5,14-19H2,(H2,26,29)/t24-/m1/s1. The molecule has 1 heterocycles. The smallest absolute Gasteiger partial charge is 0.250 e. The number of primary amides is 1. The van der Waals surface area contributed by atoms with Crippen molar-refractivity contribution in [1.82, 2.24) is 4.90 Å². The molecule has 3 rings (SSSR count). The van der Waals surface area contributed by atoms with Crippen molar-refractivity contribution < 1.29 is 19.4 Å². The second-order valence-corrected chi connectivity index (χ2v) is 8.05. The molecule has 0 aromatic heterocycles. The van der Waals surface area contributed by atoms with Gasteiger partial charge < -0.3 is 20.3 Å². The van der Waals surface area contributed by atoms with Gasteiger partial charge in [0, 0.05) is 19.6 Å². The van der Waals surface area contributed by atoms with Crippen molar-refractivity contribution in [2.75, 3.05) is 39.5 Å². The fourth-order valence-corrected chi connectivity index (χ4v) is 3.74. The van der Waals surface area contributed by atoms with Crippen LogP contribution in [0.25, 0.3) is 0 Å². The summed E-state index contributed by atoms with van der Waals surface area (Å²) in [6.45, 7) is 5.55. The van der Waals surface area contributed by atoms with E-state index in [-0.39, 0.29) is 0 Å². The van der Waals surface area contributed by atoms with E-state index in [0.717, 1.165) is 77.3 Å². The van der Waals surface area contributed by atoms with Crippen LogP contribution >= 0.6 is 0 Å². The molecule has 1 aliphatic rings. The minimum absolute atomic E-state index is 0.541. The van der Waals surface area contributed by atoms with Gasteiger partial charge in [-0.25, -0.2) is 0 Å². The number of nitrogens with two attached hydrogens (primary N) is 1. The van der Waals surface area contributed by atoms with Crippen molar-refractivity contribution >= 4 is 5.91 Å². The molecule has 3 N–H and O–H groups in total. The number of aliphatic hydroxyl groups is 1. The maximum absolute atomic E-state index is 11.0. The Morgan fingerprint density at radius 3 is 2.13 bits per heavy atom. The Morgan fingerprint density at radius 1 is 0.968 bits per heavy atom. The number of amides is 1. The lowest BCUT2D eigenvalue weighted by Gasteiger charge is -2.26. The molecule has 0 spiro atoms. The molecule has 2 aromatic rings. The summed E-state index contributed by atoms with van der Waals surface area (Å²) in [5.74, 6) is 0.209. The quantitative estimate of drug-likeness (QED) is 0.510. The Bertz CT molecular complexity index is 786. The lowest BCUT2D eigenvalue weighted by molar-refractivity contribution is -0.126. The van der Waals surface area contributed by atoms with Crippen LogP contribution in [0.3, 0.4) is 0 Å². The number of morpholine rings is 1. The van der Waals surface area contributed by atoms with E-state index in [2.05, 4.69) is 29.2 Å². The Kier molecular flexibility index (Phi) is 9.34. The molecule has 2 aromatic carbocycles. The average molecular weight is 427 g/mol. The molecule has 0 radical (unpaired) electrons. The van der Waals surface area contributed by atoms with E-state index in [1.54, 1.807) is 12.1 Å². The van der Waals surface area contributed by atoms with Crippen LogP contribution in [-0.2, 0) is 22.4 Å². The zero-order valence-corrected chi connectivity index (χ0v) is 18.2. The summed E-state index contributed by atoms with van der Waals surface area (Å²) in [5.41, 5.74) is 8.18. The van der Waals surface area contributed by atoms with Crippen molar-refractivity contribution in [2.24, 2.45) is 5.73 Å². The number of hydrogen-bond acceptors (Lipinski definition) is 5. The fraction of sp³-hybridized carbons (Fsp3) is 0.480.